The smallest absolute Gasteiger partial charge is 0.222 e. The minimum absolute atomic E-state index is 0.720. The summed E-state index contributed by atoms with van der Waals surface area (Å²) in [6, 6.07) is 17.8. The Kier molecular flexibility index (Phi) is 5.31. The first-order valence-corrected chi connectivity index (χ1v) is 7.62. The fourth-order valence-electron chi connectivity index (χ4n) is 1.85. The summed E-state index contributed by atoms with van der Waals surface area (Å²) in [6.07, 6.45) is 1.77. The summed E-state index contributed by atoms with van der Waals surface area (Å²) in [7, 11) is -4.94. The van der Waals surface area contributed by atoms with Gasteiger partial charge in [-0.05, 0) is 23.8 Å². The Hall–Kier alpha value is -1.73. The second kappa shape index (κ2) is 7.02. The van der Waals surface area contributed by atoms with E-state index in [1.807, 2.05) is 36.4 Å². The van der Waals surface area contributed by atoms with Crippen LogP contribution in [0.4, 0.5) is 0 Å². The first-order valence-electron chi connectivity index (χ1n) is 6.01. The minimum atomic E-state index is -4.94. The van der Waals surface area contributed by atoms with Crippen molar-refractivity contribution in [2.45, 2.75) is 0 Å². The zero-order valence-electron chi connectivity index (χ0n) is 11.1. The molecule has 1 aromatic heterocycles. The lowest BCUT2D eigenvalue weighted by atomic mass is 10.1. The second-order valence-electron chi connectivity index (χ2n) is 4.26. The number of benzene rings is 2. The summed E-state index contributed by atoms with van der Waals surface area (Å²) in [5.41, 5.74) is 3.03. The first-order chi connectivity index (χ1) is 10.3. The van der Waals surface area contributed by atoms with Gasteiger partial charge in [0.25, 0.3) is 0 Å². The molecule has 2 aromatic carbocycles. The van der Waals surface area contributed by atoms with Crippen LogP contribution in [0.3, 0.4) is 0 Å². The lowest BCUT2D eigenvalue weighted by Crippen LogP contribution is -2.68. The average molecular weight is 341 g/mol. The number of halogens is 2. The van der Waals surface area contributed by atoms with Crippen LogP contribution in [0.25, 0.3) is 22.1 Å². The zero-order valence-corrected chi connectivity index (χ0v) is 12.6. The van der Waals surface area contributed by atoms with Gasteiger partial charge in [0, 0.05) is 11.1 Å². The average Bonchev–Trinajstić information content (AvgIpc) is 2.45. The molecule has 3 rings (SSSR count). The van der Waals surface area contributed by atoms with Crippen molar-refractivity contribution in [1.29, 1.82) is 0 Å². The van der Waals surface area contributed by atoms with Gasteiger partial charge < -0.3 is 0 Å². The molecule has 0 aliphatic heterocycles. The Balaban J connectivity index is 0.000000309. The lowest BCUT2D eigenvalue weighted by molar-refractivity contribution is -2.00. The van der Waals surface area contributed by atoms with Gasteiger partial charge in [-0.3, -0.25) is 0 Å². The van der Waals surface area contributed by atoms with E-state index in [4.69, 9.17) is 34.7 Å². The van der Waals surface area contributed by atoms with Gasteiger partial charge in [0.2, 0.25) is 0 Å². The van der Waals surface area contributed by atoms with Gasteiger partial charge in [-0.1, -0.05) is 41.9 Å². The highest BCUT2D eigenvalue weighted by Crippen LogP contribution is 2.26. The third-order valence-corrected chi connectivity index (χ3v) is 2.94. The molecule has 0 saturated heterocycles. The summed E-state index contributed by atoms with van der Waals surface area (Å²) in [5, 5.41) is 1.73. The van der Waals surface area contributed by atoms with Crippen molar-refractivity contribution in [1.82, 2.24) is 0 Å². The molecule has 0 bridgehead atoms. The van der Waals surface area contributed by atoms with E-state index in [1.165, 1.54) is 0 Å². The summed E-state index contributed by atoms with van der Waals surface area (Å²) in [5.74, 6) is 0. The molecule has 0 aliphatic rings. The standard InChI is InChI=1S/C15H10ClO.ClHO4/c16-14-6-7-15-12(9-14)8-13(10-17-15)11-4-2-1-3-5-11;2-1(3,4)5/h1-10H;(H,2,3,4,5)/q+1;/p-1. The maximum atomic E-state index is 8.49. The highest BCUT2D eigenvalue weighted by molar-refractivity contribution is 6.31. The molecular formula is C15H10Cl2O5. The summed E-state index contributed by atoms with van der Waals surface area (Å²) in [4.78, 5) is 0. The van der Waals surface area contributed by atoms with Crippen molar-refractivity contribution in [2.75, 3.05) is 0 Å². The fraction of sp³-hybridized carbons (Fsp3) is 0. The van der Waals surface area contributed by atoms with Crippen molar-refractivity contribution in [3.8, 4) is 11.1 Å². The van der Waals surface area contributed by atoms with E-state index in [9.17, 15) is 0 Å². The van der Waals surface area contributed by atoms with Crippen molar-refractivity contribution in [3.05, 3.63) is 65.9 Å². The predicted octanol–water partition coefficient (Wildman–Crippen LogP) is 0.278. The van der Waals surface area contributed by atoms with Gasteiger partial charge in [-0.2, -0.15) is 0 Å². The molecule has 0 spiro atoms. The largest absolute Gasteiger partial charge is 0.359 e. The van der Waals surface area contributed by atoms with E-state index >= 15 is 0 Å². The summed E-state index contributed by atoms with van der Waals surface area (Å²) < 4.78 is 39.6. The van der Waals surface area contributed by atoms with Crippen molar-refractivity contribution < 1.29 is 33.3 Å². The normalized spacial score (nSPS) is 11.0. The van der Waals surface area contributed by atoms with Crippen molar-refractivity contribution in [2.24, 2.45) is 0 Å². The molecule has 0 amide bonds. The monoisotopic (exact) mass is 340 g/mol. The van der Waals surface area contributed by atoms with Gasteiger partial charge in [-0.25, -0.2) is 23.1 Å². The van der Waals surface area contributed by atoms with Gasteiger partial charge in [-0.15, -0.1) is 10.2 Å². The molecular weight excluding hydrogens is 331 g/mol. The Morgan fingerprint density at radius 1 is 0.818 bits per heavy atom. The van der Waals surface area contributed by atoms with Crippen LogP contribution in [0.5, 0.6) is 0 Å². The Bertz CT molecular complexity index is 751. The summed E-state index contributed by atoms with van der Waals surface area (Å²) >= 11 is 5.98. The molecule has 0 saturated carbocycles. The predicted molar refractivity (Wildman–Crippen MR) is 71.1 cm³/mol. The van der Waals surface area contributed by atoms with Gasteiger partial charge in [0.15, 0.2) is 0 Å². The molecule has 0 N–H and O–H groups in total. The van der Waals surface area contributed by atoms with Crippen LogP contribution in [0.15, 0.2) is 65.3 Å². The van der Waals surface area contributed by atoms with E-state index in [-0.39, 0.29) is 0 Å². The van der Waals surface area contributed by atoms with E-state index in [1.54, 1.807) is 6.26 Å². The van der Waals surface area contributed by atoms with Crippen LogP contribution in [-0.4, -0.2) is 0 Å². The molecule has 1 heterocycles. The van der Waals surface area contributed by atoms with Crippen LogP contribution in [-0.2, 0) is 0 Å². The number of rotatable bonds is 1. The highest BCUT2D eigenvalue weighted by atomic mass is 35.7. The molecule has 5 nitrogen and oxygen atoms in total. The molecule has 3 aromatic rings. The van der Waals surface area contributed by atoms with Gasteiger partial charge >= 0.3 is 11.8 Å². The van der Waals surface area contributed by atoms with Crippen LogP contribution in [0.1, 0.15) is 0 Å². The highest BCUT2D eigenvalue weighted by Gasteiger charge is 2.09. The maximum Gasteiger partial charge on any atom is 0.359 e. The van der Waals surface area contributed by atoms with Crippen LogP contribution in [0, 0.1) is 10.2 Å². The van der Waals surface area contributed by atoms with E-state index in [0.29, 0.717) is 0 Å². The van der Waals surface area contributed by atoms with Crippen molar-refractivity contribution in [3.63, 3.8) is 0 Å². The minimum Gasteiger partial charge on any atom is -0.222 e. The molecule has 7 heteroatoms. The molecule has 0 fully saturated rings. The van der Waals surface area contributed by atoms with E-state index < -0.39 is 10.2 Å². The fourth-order valence-corrected chi connectivity index (χ4v) is 2.03. The third-order valence-electron chi connectivity index (χ3n) is 2.70. The molecule has 0 radical (unpaired) electrons. The zero-order chi connectivity index (χ0) is 16.2. The van der Waals surface area contributed by atoms with Crippen molar-refractivity contribution >= 4 is 22.6 Å². The SMILES string of the molecule is Clc1ccc2[o+]cc(-c3ccccc3)cc2c1.[O-][Cl+3]([O-])([O-])[O-]. The molecule has 0 aliphatic carbocycles. The van der Waals surface area contributed by atoms with Gasteiger partial charge in [0.1, 0.15) is 0 Å². The second-order valence-corrected chi connectivity index (χ2v) is 5.45. The third kappa shape index (κ3) is 5.23. The number of hydrogen-bond acceptors (Lipinski definition) is 4. The van der Waals surface area contributed by atoms with Crippen LogP contribution in [0.2, 0.25) is 5.02 Å². The molecule has 0 atom stereocenters. The van der Waals surface area contributed by atoms with E-state index in [0.717, 1.165) is 27.1 Å². The maximum absolute atomic E-state index is 8.49. The lowest BCUT2D eigenvalue weighted by Gasteiger charge is -2.17. The molecule has 0 unspecified atom stereocenters. The molecule has 114 valence electrons. The molecule has 22 heavy (non-hydrogen) atoms. The number of hydrogen-bond donors (Lipinski definition) is 0. The Labute approximate surface area is 133 Å². The topological polar surface area (TPSA) is 104 Å². The number of fused-ring (bicyclic) bond motifs is 1. The van der Waals surface area contributed by atoms with E-state index in [2.05, 4.69) is 18.2 Å². The first kappa shape index (κ1) is 16.6. The van der Waals surface area contributed by atoms with Crippen LogP contribution < -0.4 is 18.6 Å². The van der Waals surface area contributed by atoms with Crippen LogP contribution >= 0.6 is 11.6 Å². The summed E-state index contributed by atoms with van der Waals surface area (Å²) in [6.45, 7) is 0. The Morgan fingerprint density at radius 3 is 2.09 bits per heavy atom. The Morgan fingerprint density at radius 2 is 1.45 bits per heavy atom. The van der Waals surface area contributed by atoms with Gasteiger partial charge in [0.05, 0.1) is 10.9 Å². The quantitative estimate of drug-likeness (QED) is 0.591.